The summed E-state index contributed by atoms with van der Waals surface area (Å²) in [6, 6.07) is 0. The third kappa shape index (κ3) is 5.85. The Labute approximate surface area is 103 Å². The maximum Gasteiger partial charge on any atom is 0.191 e. The second-order valence-electron chi connectivity index (χ2n) is 6.31. The Balaban J connectivity index is 3.90. The third-order valence-corrected chi connectivity index (χ3v) is 8.19. The second kappa shape index (κ2) is 6.60. The third-order valence-electron chi connectivity index (χ3n) is 3.65. The average Bonchev–Trinajstić information content (AvgIpc) is 2.12. The zero-order valence-electron chi connectivity index (χ0n) is 12.3. The highest BCUT2D eigenvalue weighted by Gasteiger charge is 2.36. The van der Waals surface area contributed by atoms with Gasteiger partial charge in [-0.2, -0.15) is 0 Å². The molecule has 0 saturated heterocycles. The molecule has 1 unspecified atom stereocenters. The monoisotopic (exact) mass is 242 g/mol. The normalized spacial score (nSPS) is 15.7. The summed E-state index contributed by atoms with van der Waals surface area (Å²) >= 11 is 0. The van der Waals surface area contributed by atoms with Gasteiger partial charge in [0.15, 0.2) is 8.32 Å². The molecule has 0 aliphatic carbocycles. The van der Waals surface area contributed by atoms with Gasteiger partial charge in [-0.25, -0.2) is 0 Å². The van der Waals surface area contributed by atoms with Crippen molar-refractivity contribution in [2.45, 2.75) is 65.6 Å². The molecule has 16 heavy (non-hydrogen) atoms. The van der Waals surface area contributed by atoms with E-state index in [0.717, 1.165) is 12.5 Å². The van der Waals surface area contributed by atoms with E-state index in [4.69, 9.17) is 4.43 Å². The van der Waals surface area contributed by atoms with Gasteiger partial charge >= 0.3 is 0 Å². The van der Waals surface area contributed by atoms with Crippen molar-refractivity contribution in [3.8, 4) is 0 Å². The molecular weight excluding hydrogens is 212 g/mol. The Hall–Kier alpha value is -0.0831. The lowest BCUT2D eigenvalue weighted by atomic mass is 10.0. The number of rotatable bonds is 6. The number of hydrogen-bond donors (Lipinski definition) is 0. The molecule has 1 nitrogen and oxygen atoms in total. The van der Waals surface area contributed by atoms with E-state index in [-0.39, 0.29) is 0 Å². The Morgan fingerprint density at radius 3 is 2.25 bits per heavy atom. The SMILES string of the molecule is C/C=C\CC(C)CCO[Si](C)(C)C(C)(C)C. The molecule has 0 aromatic rings. The summed E-state index contributed by atoms with van der Waals surface area (Å²) < 4.78 is 6.16. The first kappa shape index (κ1) is 15.9. The molecule has 0 aliphatic heterocycles. The Morgan fingerprint density at radius 2 is 1.81 bits per heavy atom. The van der Waals surface area contributed by atoms with Crippen molar-refractivity contribution in [2.24, 2.45) is 5.92 Å². The molecule has 0 saturated carbocycles. The van der Waals surface area contributed by atoms with Crippen LogP contribution in [0.4, 0.5) is 0 Å². The fraction of sp³-hybridized carbons (Fsp3) is 0.857. The highest BCUT2D eigenvalue weighted by molar-refractivity contribution is 6.74. The summed E-state index contributed by atoms with van der Waals surface area (Å²) in [6.45, 7) is 16.8. The summed E-state index contributed by atoms with van der Waals surface area (Å²) in [5.41, 5.74) is 0. The Bertz CT molecular complexity index is 213. The van der Waals surface area contributed by atoms with Crippen molar-refractivity contribution < 1.29 is 4.43 Å². The van der Waals surface area contributed by atoms with Crippen LogP contribution < -0.4 is 0 Å². The minimum atomic E-state index is -1.52. The van der Waals surface area contributed by atoms with Gasteiger partial charge < -0.3 is 4.43 Å². The van der Waals surface area contributed by atoms with Gasteiger partial charge in [0.25, 0.3) is 0 Å². The van der Waals surface area contributed by atoms with Gasteiger partial charge in [-0.15, -0.1) is 0 Å². The average molecular weight is 242 g/mol. The summed E-state index contributed by atoms with van der Waals surface area (Å²) in [4.78, 5) is 0. The molecule has 0 aromatic heterocycles. The van der Waals surface area contributed by atoms with Crippen molar-refractivity contribution >= 4 is 8.32 Å². The molecule has 0 bridgehead atoms. The highest BCUT2D eigenvalue weighted by atomic mass is 28.4. The summed E-state index contributed by atoms with van der Waals surface area (Å²) in [7, 11) is -1.52. The van der Waals surface area contributed by atoms with Crippen molar-refractivity contribution in [1.29, 1.82) is 0 Å². The first-order valence-corrected chi connectivity index (χ1v) is 9.36. The van der Waals surface area contributed by atoms with E-state index in [1.54, 1.807) is 0 Å². The lowest BCUT2D eigenvalue weighted by Gasteiger charge is -2.36. The van der Waals surface area contributed by atoms with Gasteiger partial charge in [0.2, 0.25) is 0 Å². The largest absolute Gasteiger partial charge is 0.417 e. The highest BCUT2D eigenvalue weighted by Crippen LogP contribution is 2.36. The fourth-order valence-electron chi connectivity index (χ4n) is 1.22. The van der Waals surface area contributed by atoms with E-state index >= 15 is 0 Å². The molecule has 0 fully saturated rings. The van der Waals surface area contributed by atoms with Crippen molar-refractivity contribution in [3.05, 3.63) is 12.2 Å². The van der Waals surface area contributed by atoms with Crippen LogP contribution in [0.1, 0.15) is 47.5 Å². The second-order valence-corrected chi connectivity index (χ2v) is 11.1. The Morgan fingerprint density at radius 1 is 1.25 bits per heavy atom. The Kier molecular flexibility index (Phi) is 6.57. The van der Waals surface area contributed by atoms with Crippen LogP contribution in [0.5, 0.6) is 0 Å². The minimum absolute atomic E-state index is 0.333. The maximum absolute atomic E-state index is 6.16. The van der Waals surface area contributed by atoms with Crippen LogP contribution in [0.15, 0.2) is 12.2 Å². The number of hydrogen-bond acceptors (Lipinski definition) is 1. The van der Waals surface area contributed by atoms with E-state index in [1.165, 1.54) is 12.8 Å². The topological polar surface area (TPSA) is 9.23 Å². The van der Waals surface area contributed by atoms with Gasteiger partial charge in [-0.05, 0) is 43.8 Å². The van der Waals surface area contributed by atoms with Crippen LogP contribution >= 0.6 is 0 Å². The molecule has 0 spiro atoms. The summed E-state index contributed by atoms with van der Waals surface area (Å²) in [6.07, 6.45) is 6.73. The maximum atomic E-state index is 6.16. The predicted molar refractivity (Wildman–Crippen MR) is 76.4 cm³/mol. The lowest BCUT2D eigenvalue weighted by molar-refractivity contribution is 0.260. The molecule has 0 rings (SSSR count). The van der Waals surface area contributed by atoms with Crippen LogP contribution in [0.3, 0.4) is 0 Å². The molecule has 2 heteroatoms. The van der Waals surface area contributed by atoms with E-state index in [2.05, 4.69) is 59.9 Å². The molecule has 0 amide bonds. The smallest absolute Gasteiger partial charge is 0.191 e. The molecule has 96 valence electrons. The van der Waals surface area contributed by atoms with Crippen LogP contribution in [0, 0.1) is 5.92 Å². The molecule has 0 N–H and O–H groups in total. The van der Waals surface area contributed by atoms with Crippen LogP contribution in [0.25, 0.3) is 0 Å². The van der Waals surface area contributed by atoms with Gasteiger partial charge in [-0.3, -0.25) is 0 Å². The molecule has 0 radical (unpaired) electrons. The van der Waals surface area contributed by atoms with Crippen LogP contribution in [0.2, 0.25) is 18.1 Å². The van der Waals surface area contributed by atoms with E-state index in [9.17, 15) is 0 Å². The lowest BCUT2D eigenvalue weighted by Crippen LogP contribution is -2.41. The van der Waals surface area contributed by atoms with E-state index in [1.807, 2.05) is 0 Å². The molecule has 1 atom stereocenters. The fourth-order valence-corrected chi connectivity index (χ4v) is 2.28. The molecule has 0 aliphatic rings. The molecule has 0 aromatic carbocycles. The molecular formula is C14H30OSi. The van der Waals surface area contributed by atoms with E-state index < -0.39 is 8.32 Å². The summed E-state index contributed by atoms with van der Waals surface area (Å²) in [5.74, 6) is 0.737. The first-order valence-electron chi connectivity index (χ1n) is 6.46. The van der Waals surface area contributed by atoms with Gasteiger partial charge in [0.1, 0.15) is 0 Å². The van der Waals surface area contributed by atoms with Crippen molar-refractivity contribution in [2.75, 3.05) is 6.61 Å². The standard InChI is InChI=1S/C14H30OSi/c1-8-9-10-13(2)11-12-15-16(6,7)14(3,4)5/h8-9,13H,10-12H2,1-7H3/b9-8-. The quantitative estimate of drug-likeness (QED) is 0.470. The predicted octanol–water partition coefficient (Wildman–Crippen LogP) is 5.00. The van der Waals surface area contributed by atoms with E-state index in [0.29, 0.717) is 5.04 Å². The summed E-state index contributed by atoms with van der Waals surface area (Å²) in [5, 5.41) is 0.333. The minimum Gasteiger partial charge on any atom is -0.417 e. The van der Waals surface area contributed by atoms with Crippen molar-refractivity contribution in [3.63, 3.8) is 0 Å². The van der Waals surface area contributed by atoms with Gasteiger partial charge in [-0.1, -0.05) is 39.8 Å². The molecule has 0 heterocycles. The van der Waals surface area contributed by atoms with Crippen LogP contribution in [-0.2, 0) is 4.43 Å². The zero-order valence-corrected chi connectivity index (χ0v) is 13.3. The zero-order chi connectivity index (χ0) is 12.8. The van der Waals surface area contributed by atoms with Crippen LogP contribution in [-0.4, -0.2) is 14.9 Å². The van der Waals surface area contributed by atoms with Crippen molar-refractivity contribution in [1.82, 2.24) is 0 Å². The van der Waals surface area contributed by atoms with Gasteiger partial charge in [0.05, 0.1) is 0 Å². The van der Waals surface area contributed by atoms with Gasteiger partial charge in [0, 0.05) is 6.61 Å². The first-order chi connectivity index (χ1) is 7.20. The number of allylic oxidation sites excluding steroid dienone is 2.